The first kappa shape index (κ1) is 22.4. The SMILES string of the molecule is CC1(NC(=O)O[C@@H]2CO[C@H](c3cc(Nc4nccn5nc(CC(F)(F)F)cc45)n[nH]3)[C@H]2F)CC1. The first-order valence-electron chi connectivity index (χ1n) is 10.6. The molecule has 10 nitrogen and oxygen atoms in total. The second-order valence-corrected chi connectivity index (χ2v) is 8.69. The normalized spacial score (nSPS) is 23.7. The number of nitrogens with zero attached hydrogens (tertiary/aromatic N) is 4. The summed E-state index contributed by atoms with van der Waals surface area (Å²) in [6.45, 7) is 1.77. The van der Waals surface area contributed by atoms with Gasteiger partial charge in [0.15, 0.2) is 23.9 Å². The van der Waals surface area contributed by atoms with Crippen molar-refractivity contribution in [2.24, 2.45) is 0 Å². The van der Waals surface area contributed by atoms with Gasteiger partial charge in [0.25, 0.3) is 0 Å². The number of carbonyl (C=O) groups excluding carboxylic acids is 1. The van der Waals surface area contributed by atoms with Gasteiger partial charge in [0.05, 0.1) is 24.4 Å². The largest absolute Gasteiger partial charge is 0.441 e. The van der Waals surface area contributed by atoms with Crippen LogP contribution in [0.5, 0.6) is 0 Å². The summed E-state index contributed by atoms with van der Waals surface area (Å²) in [6.07, 6.45) is -5.47. The second-order valence-electron chi connectivity index (χ2n) is 8.69. The van der Waals surface area contributed by atoms with Gasteiger partial charge in [-0.25, -0.2) is 18.7 Å². The van der Waals surface area contributed by atoms with E-state index in [1.165, 1.54) is 29.0 Å². The van der Waals surface area contributed by atoms with Gasteiger partial charge in [-0.15, -0.1) is 0 Å². The van der Waals surface area contributed by atoms with E-state index in [0.29, 0.717) is 11.2 Å². The lowest BCUT2D eigenvalue weighted by Gasteiger charge is -2.17. The molecule has 0 radical (unpaired) electrons. The van der Waals surface area contributed by atoms with E-state index in [1.54, 1.807) is 0 Å². The quantitative estimate of drug-likeness (QED) is 0.460. The Bertz CT molecular complexity index is 1210. The molecule has 3 atom stereocenters. The molecule has 0 bridgehead atoms. The standard InChI is InChI=1S/C20H21F4N7O3/c1-19(2-3-19)27-18(32)34-13-9-33-16(15(13)21)11-7-14(29-28-11)26-17-12-6-10(8-20(22,23)24)30-31(12)5-4-25-17/h4-7,13,15-16H,2-3,8-9H2,1H3,(H,27,32)(H2,25,26,28,29)/t13-,15+,16-/m1/s1. The number of nitrogens with one attached hydrogen (secondary N) is 3. The van der Waals surface area contributed by atoms with Crippen molar-refractivity contribution in [2.45, 2.75) is 56.3 Å². The van der Waals surface area contributed by atoms with Crippen molar-refractivity contribution in [1.29, 1.82) is 0 Å². The molecule has 0 aromatic carbocycles. The number of aromatic amines is 1. The van der Waals surface area contributed by atoms with Crippen LogP contribution in [-0.2, 0) is 15.9 Å². The van der Waals surface area contributed by atoms with Crippen molar-refractivity contribution < 1.29 is 31.8 Å². The molecule has 1 saturated carbocycles. The van der Waals surface area contributed by atoms with Crippen LogP contribution in [0.25, 0.3) is 5.52 Å². The van der Waals surface area contributed by atoms with E-state index in [-0.39, 0.29) is 29.5 Å². The zero-order valence-corrected chi connectivity index (χ0v) is 17.9. The Balaban J connectivity index is 1.25. The van der Waals surface area contributed by atoms with Gasteiger partial charge in [-0.3, -0.25) is 5.10 Å². The number of hydrogen-bond acceptors (Lipinski definition) is 7. The highest BCUT2D eigenvalue weighted by Gasteiger charge is 2.44. The van der Waals surface area contributed by atoms with Crippen LogP contribution in [0.4, 0.5) is 34.0 Å². The molecule has 34 heavy (non-hydrogen) atoms. The summed E-state index contributed by atoms with van der Waals surface area (Å²) in [5.41, 5.74) is 0.173. The summed E-state index contributed by atoms with van der Waals surface area (Å²) in [6, 6.07) is 2.77. The molecule has 4 heterocycles. The number of ether oxygens (including phenoxy) is 2. The third kappa shape index (κ3) is 4.76. The van der Waals surface area contributed by atoms with Crippen molar-refractivity contribution in [1.82, 2.24) is 30.1 Å². The Morgan fingerprint density at radius 1 is 1.38 bits per heavy atom. The maximum absolute atomic E-state index is 14.9. The fraction of sp³-hybridized carbons (Fsp3) is 0.500. The fourth-order valence-corrected chi connectivity index (χ4v) is 3.69. The third-order valence-electron chi connectivity index (χ3n) is 5.72. The topological polar surface area (TPSA) is 118 Å². The molecule has 3 aromatic rings. The Kier molecular flexibility index (Phi) is 5.34. The summed E-state index contributed by atoms with van der Waals surface area (Å²) in [5, 5.41) is 16.2. The van der Waals surface area contributed by atoms with Crippen LogP contribution in [0.1, 0.15) is 37.3 Å². The van der Waals surface area contributed by atoms with E-state index in [9.17, 15) is 22.4 Å². The molecule has 182 valence electrons. The molecule has 5 rings (SSSR count). The summed E-state index contributed by atoms with van der Waals surface area (Å²) in [7, 11) is 0. The van der Waals surface area contributed by atoms with Crippen LogP contribution in [0.2, 0.25) is 0 Å². The maximum atomic E-state index is 14.9. The lowest BCUT2D eigenvalue weighted by molar-refractivity contribution is -0.127. The van der Waals surface area contributed by atoms with Crippen molar-refractivity contribution in [3.05, 3.63) is 35.9 Å². The Hall–Kier alpha value is -3.42. The molecule has 0 unspecified atom stereocenters. The highest BCUT2D eigenvalue weighted by atomic mass is 19.4. The first-order chi connectivity index (χ1) is 16.1. The third-order valence-corrected chi connectivity index (χ3v) is 5.72. The van der Waals surface area contributed by atoms with E-state index >= 15 is 0 Å². The minimum atomic E-state index is -4.39. The Labute approximate surface area is 190 Å². The van der Waals surface area contributed by atoms with Crippen molar-refractivity contribution in [2.75, 3.05) is 11.9 Å². The molecular formula is C20H21F4N7O3. The minimum Gasteiger partial charge on any atom is -0.441 e. The average Bonchev–Trinajstić information content (AvgIpc) is 3.10. The number of halogens is 4. The van der Waals surface area contributed by atoms with Gasteiger partial charge in [-0.05, 0) is 25.8 Å². The van der Waals surface area contributed by atoms with Gasteiger partial charge in [-0.1, -0.05) is 0 Å². The minimum absolute atomic E-state index is 0.115. The van der Waals surface area contributed by atoms with Crippen LogP contribution in [0, 0.1) is 0 Å². The van der Waals surface area contributed by atoms with Gasteiger partial charge in [-0.2, -0.15) is 23.4 Å². The average molecular weight is 483 g/mol. The zero-order valence-electron chi connectivity index (χ0n) is 17.9. The molecule has 0 spiro atoms. The predicted octanol–water partition coefficient (Wildman–Crippen LogP) is 3.36. The molecule has 2 aliphatic rings. The van der Waals surface area contributed by atoms with E-state index in [0.717, 1.165) is 12.8 Å². The maximum Gasteiger partial charge on any atom is 0.408 e. The van der Waals surface area contributed by atoms with E-state index in [2.05, 4.69) is 30.9 Å². The van der Waals surface area contributed by atoms with Crippen LogP contribution < -0.4 is 10.6 Å². The van der Waals surface area contributed by atoms with Gasteiger partial charge in [0.1, 0.15) is 11.6 Å². The van der Waals surface area contributed by atoms with Gasteiger partial charge < -0.3 is 20.1 Å². The van der Waals surface area contributed by atoms with E-state index < -0.39 is 37.1 Å². The fourth-order valence-electron chi connectivity index (χ4n) is 3.69. The number of aromatic nitrogens is 5. The molecule has 1 aliphatic carbocycles. The first-order valence-corrected chi connectivity index (χ1v) is 10.6. The highest BCUT2D eigenvalue weighted by molar-refractivity contribution is 5.72. The van der Waals surface area contributed by atoms with Crippen LogP contribution in [-0.4, -0.2) is 61.5 Å². The summed E-state index contributed by atoms with van der Waals surface area (Å²) in [5.74, 6) is 0.464. The molecule has 1 aliphatic heterocycles. The summed E-state index contributed by atoms with van der Waals surface area (Å²) >= 11 is 0. The molecule has 2 fully saturated rings. The van der Waals surface area contributed by atoms with Crippen molar-refractivity contribution in [3.63, 3.8) is 0 Å². The number of amides is 1. The van der Waals surface area contributed by atoms with Gasteiger partial charge in [0.2, 0.25) is 0 Å². The number of anilines is 2. The van der Waals surface area contributed by atoms with Crippen LogP contribution in [0.15, 0.2) is 24.5 Å². The lowest BCUT2D eigenvalue weighted by Crippen LogP contribution is -2.39. The molecule has 3 N–H and O–H groups in total. The number of alkyl carbamates (subject to hydrolysis) is 1. The molecule has 1 amide bonds. The van der Waals surface area contributed by atoms with E-state index in [4.69, 9.17) is 9.47 Å². The number of carbonyl (C=O) groups is 1. The predicted molar refractivity (Wildman–Crippen MR) is 109 cm³/mol. The monoisotopic (exact) mass is 483 g/mol. The summed E-state index contributed by atoms with van der Waals surface area (Å²) in [4.78, 5) is 16.1. The number of alkyl halides is 4. The molecule has 1 saturated heterocycles. The molecule has 14 heteroatoms. The van der Waals surface area contributed by atoms with Crippen LogP contribution in [0.3, 0.4) is 0 Å². The number of hydrogen-bond donors (Lipinski definition) is 3. The molecule has 3 aromatic heterocycles. The highest BCUT2D eigenvalue weighted by Crippen LogP contribution is 2.36. The zero-order chi connectivity index (χ0) is 24.1. The number of rotatable bonds is 6. The molecular weight excluding hydrogens is 462 g/mol. The van der Waals surface area contributed by atoms with Crippen molar-refractivity contribution >= 4 is 23.2 Å². The van der Waals surface area contributed by atoms with Crippen molar-refractivity contribution in [3.8, 4) is 0 Å². The smallest absolute Gasteiger partial charge is 0.408 e. The number of fused-ring (bicyclic) bond motifs is 1. The van der Waals surface area contributed by atoms with Gasteiger partial charge >= 0.3 is 12.3 Å². The lowest BCUT2D eigenvalue weighted by atomic mass is 10.1. The van der Waals surface area contributed by atoms with Crippen LogP contribution >= 0.6 is 0 Å². The van der Waals surface area contributed by atoms with Gasteiger partial charge in [0, 0.05) is 24.0 Å². The Morgan fingerprint density at radius 3 is 2.91 bits per heavy atom. The Morgan fingerprint density at radius 2 is 2.18 bits per heavy atom. The summed E-state index contributed by atoms with van der Waals surface area (Å²) < 4.78 is 65.0. The second kappa shape index (κ2) is 8.11. The van der Waals surface area contributed by atoms with E-state index in [1.807, 2.05) is 6.92 Å². The number of H-pyrrole nitrogens is 1.